The molecule has 0 saturated carbocycles. The van der Waals surface area contributed by atoms with Gasteiger partial charge in [0.1, 0.15) is 0 Å². The first kappa shape index (κ1) is 14.3. The van der Waals surface area contributed by atoms with Crippen LogP contribution < -0.4 is 9.64 Å². The monoisotopic (exact) mass is 276 g/mol. The number of nitrogens with zero attached hydrogens (tertiary/aromatic N) is 4. The van der Waals surface area contributed by atoms with E-state index >= 15 is 0 Å². The van der Waals surface area contributed by atoms with Gasteiger partial charge in [-0.3, -0.25) is 0 Å². The number of hydrogen-bond acceptors (Lipinski definition) is 6. The van der Waals surface area contributed by atoms with E-state index in [0.29, 0.717) is 12.6 Å². The smallest absolute Gasteiger partial charge is 0.322 e. The molecule has 0 aliphatic carbocycles. The molecule has 96 valence electrons. The van der Waals surface area contributed by atoms with Crippen molar-refractivity contribution < 1.29 is 4.74 Å². The fourth-order valence-electron chi connectivity index (χ4n) is 1.08. The fourth-order valence-corrected chi connectivity index (χ4v) is 1.68. The molecule has 0 fully saturated rings. The summed E-state index contributed by atoms with van der Waals surface area (Å²) in [6.45, 7) is 3.46. The Balaban J connectivity index is 2.73. The molecule has 1 heterocycles. The number of rotatable bonds is 7. The molecule has 5 nitrogen and oxygen atoms in total. The van der Waals surface area contributed by atoms with E-state index in [1.807, 2.05) is 18.9 Å². The molecule has 0 aliphatic heterocycles. The van der Waals surface area contributed by atoms with Crippen LogP contribution in [0.1, 0.15) is 13.3 Å². The Morgan fingerprint density at radius 2 is 2.12 bits per heavy atom. The van der Waals surface area contributed by atoms with Crippen molar-refractivity contribution in [1.82, 2.24) is 15.0 Å². The largest absolute Gasteiger partial charge is 0.463 e. The predicted octanol–water partition coefficient (Wildman–Crippen LogP) is 2.11. The molecule has 1 aromatic rings. The Labute approximate surface area is 111 Å². The third-order valence-electron chi connectivity index (χ3n) is 1.98. The summed E-state index contributed by atoms with van der Waals surface area (Å²) < 4.78 is 5.35. The van der Waals surface area contributed by atoms with Crippen LogP contribution in [0.5, 0.6) is 6.01 Å². The van der Waals surface area contributed by atoms with Crippen LogP contribution in [0.15, 0.2) is 0 Å². The molecule has 0 amide bonds. The van der Waals surface area contributed by atoms with Gasteiger partial charge in [0.25, 0.3) is 0 Å². The maximum absolute atomic E-state index is 5.83. The number of anilines is 1. The number of thioether (sulfide) groups is 1. The van der Waals surface area contributed by atoms with Gasteiger partial charge in [-0.25, -0.2) is 0 Å². The first-order valence-electron chi connectivity index (χ1n) is 5.41. The van der Waals surface area contributed by atoms with Crippen LogP contribution in [0, 0.1) is 0 Å². The number of halogens is 1. The lowest BCUT2D eigenvalue weighted by Crippen LogP contribution is -2.23. The van der Waals surface area contributed by atoms with Crippen molar-refractivity contribution in [3.63, 3.8) is 0 Å². The molecule has 0 spiro atoms. The van der Waals surface area contributed by atoms with Crippen molar-refractivity contribution in [3.8, 4) is 6.01 Å². The maximum Gasteiger partial charge on any atom is 0.322 e. The molecule has 7 heteroatoms. The van der Waals surface area contributed by atoms with Gasteiger partial charge in [-0.1, -0.05) is 6.92 Å². The summed E-state index contributed by atoms with van der Waals surface area (Å²) in [6.07, 6.45) is 2.96. The van der Waals surface area contributed by atoms with Gasteiger partial charge in [0, 0.05) is 19.3 Å². The standard InChI is InChI=1S/C10H17ClN4OS/c1-4-6-16-10-13-8(11)12-9(14-10)15(2)5-7-17-3/h4-7H2,1-3H3. The van der Waals surface area contributed by atoms with E-state index in [2.05, 4.69) is 21.2 Å². The summed E-state index contributed by atoms with van der Waals surface area (Å²) in [5, 5.41) is 0.164. The normalized spacial score (nSPS) is 10.4. The van der Waals surface area contributed by atoms with Gasteiger partial charge >= 0.3 is 6.01 Å². The Morgan fingerprint density at radius 1 is 1.35 bits per heavy atom. The van der Waals surface area contributed by atoms with Crippen LogP contribution in [0.2, 0.25) is 5.28 Å². The molecule has 0 aliphatic rings. The van der Waals surface area contributed by atoms with Gasteiger partial charge in [-0.05, 0) is 24.3 Å². The van der Waals surface area contributed by atoms with E-state index in [9.17, 15) is 0 Å². The minimum atomic E-state index is 0.164. The second-order valence-electron chi connectivity index (χ2n) is 3.45. The highest BCUT2D eigenvalue weighted by Crippen LogP contribution is 2.14. The van der Waals surface area contributed by atoms with E-state index in [1.165, 1.54) is 0 Å². The lowest BCUT2D eigenvalue weighted by molar-refractivity contribution is 0.291. The summed E-state index contributed by atoms with van der Waals surface area (Å²) in [6, 6.07) is 0.290. The first-order chi connectivity index (χ1) is 8.17. The Hall–Kier alpha value is -0.750. The van der Waals surface area contributed by atoms with Crippen molar-refractivity contribution >= 4 is 29.3 Å². The van der Waals surface area contributed by atoms with Gasteiger partial charge in [0.2, 0.25) is 11.2 Å². The molecular weight excluding hydrogens is 260 g/mol. The lowest BCUT2D eigenvalue weighted by atomic mass is 10.5. The van der Waals surface area contributed by atoms with Gasteiger partial charge in [-0.15, -0.1) is 0 Å². The SMILES string of the molecule is CCCOc1nc(Cl)nc(N(C)CCSC)n1. The van der Waals surface area contributed by atoms with Crippen molar-refractivity contribution in [2.24, 2.45) is 0 Å². The summed E-state index contributed by atoms with van der Waals surface area (Å²) in [5.41, 5.74) is 0. The van der Waals surface area contributed by atoms with Crippen molar-refractivity contribution in [2.45, 2.75) is 13.3 Å². The molecule has 0 saturated heterocycles. The zero-order valence-electron chi connectivity index (χ0n) is 10.3. The Morgan fingerprint density at radius 3 is 2.76 bits per heavy atom. The topological polar surface area (TPSA) is 51.1 Å². The third kappa shape index (κ3) is 4.95. The molecule has 0 atom stereocenters. The van der Waals surface area contributed by atoms with Crippen LogP contribution >= 0.6 is 23.4 Å². The fraction of sp³-hybridized carbons (Fsp3) is 0.700. The van der Waals surface area contributed by atoms with Gasteiger partial charge in [0.05, 0.1) is 6.61 Å². The zero-order valence-corrected chi connectivity index (χ0v) is 11.9. The van der Waals surface area contributed by atoms with Crippen molar-refractivity contribution in [1.29, 1.82) is 0 Å². The van der Waals surface area contributed by atoms with Gasteiger partial charge < -0.3 is 9.64 Å². The summed E-state index contributed by atoms with van der Waals surface area (Å²) in [7, 11) is 1.92. The lowest BCUT2D eigenvalue weighted by Gasteiger charge is -2.16. The molecule has 0 unspecified atom stereocenters. The minimum absolute atomic E-state index is 0.164. The van der Waals surface area contributed by atoms with Crippen LogP contribution in [0.4, 0.5) is 5.95 Å². The zero-order chi connectivity index (χ0) is 12.7. The van der Waals surface area contributed by atoms with E-state index in [4.69, 9.17) is 16.3 Å². The number of ether oxygens (including phenoxy) is 1. The average molecular weight is 277 g/mol. The molecule has 1 rings (SSSR count). The molecule has 1 aromatic heterocycles. The summed E-state index contributed by atoms with van der Waals surface area (Å²) >= 11 is 7.60. The van der Waals surface area contributed by atoms with Gasteiger partial charge in [0.15, 0.2) is 0 Å². The number of aromatic nitrogens is 3. The van der Waals surface area contributed by atoms with Crippen LogP contribution in [0.3, 0.4) is 0 Å². The molecular formula is C10H17ClN4OS. The van der Waals surface area contributed by atoms with Crippen molar-refractivity contribution in [2.75, 3.05) is 37.1 Å². The van der Waals surface area contributed by atoms with Crippen LogP contribution in [-0.4, -0.2) is 47.2 Å². The van der Waals surface area contributed by atoms with E-state index in [-0.39, 0.29) is 11.3 Å². The minimum Gasteiger partial charge on any atom is -0.463 e. The predicted molar refractivity (Wildman–Crippen MR) is 72.3 cm³/mol. The van der Waals surface area contributed by atoms with Crippen LogP contribution in [0.25, 0.3) is 0 Å². The van der Waals surface area contributed by atoms with Gasteiger partial charge in [-0.2, -0.15) is 26.7 Å². The molecule has 17 heavy (non-hydrogen) atoms. The second kappa shape index (κ2) is 7.55. The Bertz CT molecular complexity index is 353. The molecule has 0 bridgehead atoms. The average Bonchev–Trinajstić information content (AvgIpc) is 2.32. The second-order valence-corrected chi connectivity index (χ2v) is 4.77. The molecule has 0 radical (unpaired) electrons. The third-order valence-corrected chi connectivity index (χ3v) is 2.74. The summed E-state index contributed by atoms with van der Waals surface area (Å²) in [4.78, 5) is 14.1. The Kier molecular flexibility index (Phi) is 6.36. The molecule has 0 N–H and O–H groups in total. The first-order valence-corrected chi connectivity index (χ1v) is 7.19. The molecule has 0 aromatic carbocycles. The van der Waals surface area contributed by atoms with E-state index < -0.39 is 0 Å². The highest BCUT2D eigenvalue weighted by molar-refractivity contribution is 7.98. The van der Waals surface area contributed by atoms with E-state index in [1.54, 1.807) is 11.8 Å². The van der Waals surface area contributed by atoms with Crippen LogP contribution in [-0.2, 0) is 0 Å². The summed E-state index contributed by atoms with van der Waals surface area (Å²) in [5.74, 6) is 1.55. The maximum atomic E-state index is 5.83. The number of hydrogen-bond donors (Lipinski definition) is 0. The highest BCUT2D eigenvalue weighted by atomic mass is 35.5. The van der Waals surface area contributed by atoms with Crippen molar-refractivity contribution in [3.05, 3.63) is 5.28 Å². The highest BCUT2D eigenvalue weighted by Gasteiger charge is 2.09. The van der Waals surface area contributed by atoms with E-state index in [0.717, 1.165) is 18.7 Å². The quantitative estimate of drug-likeness (QED) is 0.760.